The lowest BCUT2D eigenvalue weighted by Gasteiger charge is -2.16. The number of carbonyl (C=O) groups excluding carboxylic acids is 1. The monoisotopic (exact) mass is 482 g/mol. The summed E-state index contributed by atoms with van der Waals surface area (Å²) in [5.41, 5.74) is 1.88. The van der Waals surface area contributed by atoms with E-state index in [1.807, 2.05) is 11.4 Å². The number of imidazole rings is 1. The minimum Gasteiger partial charge on any atom is -0.485 e. The van der Waals surface area contributed by atoms with Gasteiger partial charge in [-0.1, -0.05) is 6.07 Å². The zero-order valence-corrected chi connectivity index (χ0v) is 18.9. The van der Waals surface area contributed by atoms with E-state index in [9.17, 15) is 23.5 Å². The highest BCUT2D eigenvalue weighted by Crippen LogP contribution is 2.43. The summed E-state index contributed by atoms with van der Waals surface area (Å²) in [5, 5.41) is 11.6. The fourth-order valence-corrected chi connectivity index (χ4v) is 5.65. The van der Waals surface area contributed by atoms with Crippen molar-refractivity contribution in [2.45, 2.75) is 32.3 Å². The van der Waals surface area contributed by atoms with Crippen LogP contribution < -0.4 is 4.74 Å². The van der Waals surface area contributed by atoms with Gasteiger partial charge in [0.25, 0.3) is 0 Å². The third-order valence-electron chi connectivity index (χ3n) is 6.28. The van der Waals surface area contributed by atoms with E-state index in [0.29, 0.717) is 23.5 Å². The Morgan fingerprint density at radius 2 is 1.97 bits per heavy atom. The number of carboxylic acids is 1. The van der Waals surface area contributed by atoms with Crippen LogP contribution in [0.4, 0.5) is 8.78 Å². The molecule has 0 saturated heterocycles. The number of aryl methyl sites for hydroxylation is 1. The molecule has 0 amide bonds. The highest BCUT2D eigenvalue weighted by atomic mass is 32.1. The zero-order chi connectivity index (χ0) is 24.0. The minimum absolute atomic E-state index is 0.0425. The van der Waals surface area contributed by atoms with Gasteiger partial charge < -0.3 is 9.84 Å². The fraction of sp³-hybridized carbons (Fsp3) is 0.240. The summed E-state index contributed by atoms with van der Waals surface area (Å²) in [6.07, 6.45) is 2.14. The van der Waals surface area contributed by atoms with Crippen molar-refractivity contribution in [3.05, 3.63) is 87.0 Å². The summed E-state index contributed by atoms with van der Waals surface area (Å²) in [6.45, 7) is 1.36. The number of nitrogens with zero attached hydrogens (tertiary/aromatic N) is 2. The first-order valence-electron chi connectivity index (χ1n) is 10.7. The molecule has 1 aromatic carbocycles. The van der Waals surface area contributed by atoms with Crippen molar-refractivity contribution in [3.63, 3.8) is 0 Å². The number of carbonyl (C=O) groups is 2. The van der Waals surface area contributed by atoms with Crippen molar-refractivity contribution in [2.24, 2.45) is 5.92 Å². The van der Waals surface area contributed by atoms with E-state index in [2.05, 4.69) is 4.98 Å². The summed E-state index contributed by atoms with van der Waals surface area (Å²) < 4.78 is 35.2. The van der Waals surface area contributed by atoms with Crippen molar-refractivity contribution in [2.75, 3.05) is 0 Å². The molecule has 0 aliphatic heterocycles. The maximum atomic E-state index is 14.0. The molecule has 6 nitrogen and oxygen atoms in total. The van der Waals surface area contributed by atoms with Crippen LogP contribution in [0, 0.1) is 24.5 Å². The number of aliphatic carboxylic acids is 1. The van der Waals surface area contributed by atoms with Gasteiger partial charge in [-0.25, -0.2) is 13.8 Å². The molecule has 174 valence electrons. The molecular weight excluding hydrogens is 462 g/mol. The van der Waals surface area contributed by atoms with Gasteiger partial charge in [-0.05, 0) is 54.6 Å². The van der Waals surface area contributed by atoms with E-state index in [1.165, 1.54) is 17.4 Å². The van der Waals surface area contributed by atoms with Crippen molar-refractivity contribution < 1.29 is 28.2 Å². The summed E-state index contributed by atoms with van der Waals surface area (Å²) in [7, 11) is 0. The average molecular weight is 483 g/mol. The molecule has 0 radical (unpaired) electrons. The second kappa shape index (κ2) is 8.64. The van der Waals surface area contributed by atoms with E-state index in [-0.39, 0.29) is 30.1 Å². The molecule has 1 N–H and O–H groups in total. The molecule has 4 aromatic rings. The van der Waals surface area contributed by atoms with Crippen LogP contribution >= 0.6 is 11.3 Å². The molecule has 0 spiro atoms. The molecule has 34 heavy (non-hydrogen) atoms. The Kier molecular flexibility index (Phi) is 5.65. The number of ketones is 1. The molecule has 3 heterocycles. The third kappa shape index (κ3) is 3.75. The molecule has 0 bridgehead atoms. The molecule has 3 aromatic heterocycles. The number of halogens is 2. The SMILES string of the molecule is Cc1nc2c(OCc3c(F)cccc3F)cccn2c1C(=O)C[C@@H]1c2ccsc2C[C@H]1C(=O)O. The summed E-state index contributed by atoms with van der Waals surface area (Å²) in [6, 6.07) is 8.77. The number of aromatic nitrogens is 2. The maximum absolute atomic E-state index is 14.0. The molecule has 0 fully saturated rings. The average Bonchev–Trinajstić information content (AvgIpc) is 3.47. The first-order valence-corrected chi connectivity index (χ1v) is 11.6. The summed E-state index contributed by atoms with van der Waals surface area (Å²) in [4.78, 5) is 30.7. The van der Waals surface area contributed by atoms with Crippen LogP contribution in [0.25, 0.3) is 5.65 Å². The second-order valence-electron chi connectivity index (χ2n) is 8.28. The van der Waals surface area contributed by atoms with Crippen LogP contribution in [0.1, 0.15) is 44.5 Å². The second-order valence-corrected chi connectivity index (χ2v) is 9.28. The van der Waals surface area contributed by atoms with Gasteiger partial charge in [-0.15, -0.1) is 11.3 Å². The standard InChI is InChI=1S/C25H20F2N2O4S/c1-13-23(20(30)10-15-14-7-9-34-22(14)11-16(15)25(31)32)29-8-3-6-21(24(29)28-13)33-12-17-18(26)4-2-5-19(17)27/h2-9,15-16H,10-12H2,1H3,(H,31,32)/t15-,16-/m1/s1. The quantitative estimate of drug-likeness (QED) is 0.368. The number of rotatable bonds is 7. The number of hydrogen-bond acceptors (Lipinski definition) is 5. The Morgan fingerprint density at radius 3 is 2.71 bits per heavy atom. The minimum atomic E-state index is -0.910. The Balaban J connectivity index is 1.44. The lowest BCUT2D eigenvalue weighted by Crippen LogP contribution is -2.21. The van der Waals surface area contributed by atoms with Gasteiger partial charge in [0.1, 0.15) is 23.9 Å². The molecular formula is C25H20F2N2O4S. The Bertz CT molecular complexity index is 1410. The molecule has 9 heteroatoms. The number of thiophene rings is 1. The lowest BCUT2D eigenvalue weighted by molar-refractivity contribution is -0.142. The van der Waals surface area contributed by atoms with Gasteiger partial charge in [-0.3, -0.25) is 14.0 Å². The van der Waals surface area contributed by atoms with E-state index in [0.717, 1.165) is 22.6 Å². The van der Waals surface area contributed by atoms with Gasteiger partial charge in [0.15, 0.2) is 17.2 Å². The number of ether oxygens (including phenoxy) is 1. The van der Waals surface area contributed by atoms with Crippen LogP contribution in [-0.4, -0.2) is 26.2 Å². The van der Waals surface area contributed by atoms with Crippen molar-refractivity contribution in [1.29, 1.82) is 0 Å². The number of fused-ring (bicyclic) bond motifs is 2. The predicted molar refractivity (Wildman–Crippen MR) is 121 cm³/mol. The number of pyridine rings is 1. The number of carboxylic acid groups (broad SMARTS) is 1. The highest BCUT2D eigenvalue weighted by molar-refractivity contribution is 7.10. The maximum Gasteiger partial charge on any atom is 0.307 e. The Labute approximate surface area is 197 Å². The van der Waals surface area contributed by atoms with Gasteiger partial charge in [0.2, 0.25) is 0 Å². The molecule has 0 unspecified atom stereocenters. The number of hydrogen-bond donors (Lipinski definition) is 1. The van der Waals surface area contributed by atoms with E-state index >= 15 is 0 Å². The van der Waals surface area contributed by atoms with Crippen LogP contribution in [0.15, 0.2) is 48.0 Å². The molecule has 0 saturated carbocycles. The summed E-state index contributed by atoms with van der Waals surface area (Å²) >= 11 is 1.51. The van der Waals surface area contributed by atoms with E-state index in [4.69, 9.17) is 4.74 Å². The topological polar surface area (TPSA) is 80.9 Å². The van der Waals surface area contributed by atoms with E-state index < -0.39 is 29.4 Å². The first-order chi connectivity index (χ1) is 16.3. The van der Waals surface area contributed by atoms with Crippen LogP contribution in [0.5, 0.6) is 5.75 Å². The van der Waals surface area contributed by atoms with Crippen molar-refractivity contribution in [1.82, 2.24) is 9.38 Å². The molecule has 5 rings (SSSR count). The number of Topliss-reactive ketones (excluding diaryl/α,β-unsaturated/α-hetero) is 1. The zero-order valence-electron chi connectivity index (χ0n) is 18.1. The molecule has 1 aliphatic carbocycles. The Hall–Kier alpha value is -3.59. The fourth-order valence-electron chi connectivity index (χ4n) is 4.64. The van der Waals surface area contributed by atoms with E-state index in [1.54, 1.807) is 29.7 Å². The van der Waals surface area contributed by atoms with Gasteiger partial charge in [0, 0.05) is 23.4 Å². The van der Waals surface area contributed by atoms with Crippen molar-refractivity contribution in [3.8, 4) is 5.75 Å². The van der Waals surface area contributed by atoms with Gasteiger partial charge in [-0.2, -0.15) is 0 Å². The highest BCUT2D eigenvalue weighted by Gasteiger charge is 2.40. The third-order valence-corrected chi connectivity index (χ3v) is 7.24. The molecule has 2 atom stereocenters. The number of benzene rings is 1. The molecule has 1 aliphatic rings. The predicted octanol–water partition coefficient (Wildman–Crippen LogP) is 5.17. The van der Waals surface area contributed by atoms with Crippen LogP contribution in [0.3, 0.4) is 0 Å². The summed E-state index contributed by atoms with van der Waals surface area (Å²) in [5.74, 6) is -3.32. The largest absolute Gasteiger partial charge is 0.485 e. The Morgan fingerprint density at radius 1 is 1.21 bits per heavy atom. The smallest absolute Gasteiger partial charge is 0.307 e. The van der Waals surface area contributed by atoms with Gasteiger partial charge in [0.05, 0.1) is 17.2 Å². The lowest BCUT2D eigenvalue weighted by atomic mass is 9.87. The van der Waals surface area contributed by atoms with Crippen LogP contribution in [-0.2, 0) is 17.8 Å². The van der Waals surface area contributed by atoms with Crippen molar-refractivity contribution >= 4 is 28.7 Å². The first kappa shape index (κ1) is 22.2. The normalized spacial score (nSPS) is 17.1. The van der Waals surface area contributed by atoms with Crippen LogP contribution in [0.2, 0.25) is 0 Å². The van der Waals surface area contributed by atoms with Gasteiger partial charge >= 0.3 is 5.97 Å².